The third-order valence-electron chi connectivity index (χ3n) is 5.02. The Labute approximate surface area is 136 Å². The van der Waals surface area contributed by atoms with Crippen LogP contribution in [0.1, 0.15) is 32.0 Å². The molecule has 0 saturated carbocycles. The van der Waals surface area contributed by atoms with Crippen molar-refractivity contribution in [1.82, 2.24) is 25.0 Å². The number of amides is 1. The van der Waals surface area contributed by atoms with E-state index in [4.69, 9.17) is 5.73 Å². The highest BCUT2D eigenvalue weighted by Gasteiger charge is 2.38. The van der Waals surface area contributed by atoms with E-state index in [0.717, 1.165) is 19.0 Å². The van der Waals surface area contributed by atoms with Crippen LogP contribution < -0.4 is 5.73 Å². The van der Waals surface area contributed by atoms with Gasteiger partial charge in [0.2, 0.25) is 11.9 Å². The van der Waals surface area contributed by atoms with E-state index in [1.807, 2.05) is 0 Å². The number of aromatic nitrogens is 3. The average Bonchev–Trinajstić information content (AvgIpc) is 3.12. The molecule has 1 aromatic rings. The minimum atomic E-state index is -0.451. The van der Waals surface area contributed by atoms with Crippen LogP contribution in [0.3, 0.4) is 0 Å². The quantitative estimate of drug-likeness (QED) is 0.697. The smallest absolute Gasteiger partial charge is 0.239 e. The highest BCUT2D eigenvalue weighted by atomic mass is 16.3. The molecule has 1 aromatic heterocycles. The van der Waals surface area contributed by atoms with Crippen molar-refractivity contribution < 1.29 is 9.90 Å². The van der Waals surface area contributed by atoms with Crippen LogP contribution in [0.15, 0.2) is 0 Å². The van der Waals surface area contributed by atoms with E-state index in [1.54, 1.807) is 4.90 Å². The number of aliphatic hydroxyl groups excluding tert-OH is 1. The summed E-state index contributed by atoms with van der Waals surface area (Å²) in [7, 11) is 0. The molecule has 3 heterocycles. The molecule has 2 saturated heterocycles. The number of carbonyl (C=O) groups excluding carboxylic acids is 1. The number of nitrogen functional groups attached to an aromatic ring is 1. The minimum Gasteiger partial charge on any atom is -0.390 e. The molecule has 0 bridgehead atoms. The maximum atomic E-state index is 12.4. The molecule has 0 unspecified atom stereocenters. The largest absolute Gasteiger partial charge is 0.390 e. The molecule has 2 aliphatic heterocycles. The zero-order valence-electron chi connectivity index (χ0n) is 13.6. The number of aryl methyl sites for hydroxylation is 1. The zero-order valence-corrected chi connectivity index (χ0v) is 13.6. The Morgan fingerprint density at radius 2 is 2.13 bits per heavy atom. The second kappa shape index (κ2) is 6.84. The van der Waals surface area contributed by atoms with Gasteiger partial charge in [0, 0.05) is 25.9 Å². The van der Waals surface area contributed by atoms with E-state index < -0.39 is 6.10 Å². The van der Waals surface area contributed by atoms with E-state index in [-0.39, 0.29) is 17.9 Å². The van der Waals surface area contributed by atoms with Gasteiger partial charge < -0.3 is 15.7 Å². The molecule has 0 aromatic carbocycles. The predicted octanol–water partition coefficient (Wildman–Crippen LogP) is -0.377. The lowest BCUT2D eigenvalue weighted by atomic mass is 9.97. The molecule has 4 N–H and O–H groups in total. The van der Waals surface area contributed by atoms with Crippen molar-refractivity contribution in [3.8, 4) is 0 Å². The fourth-order valence-electron chi connectivity index (χ4n) is 3.50. The van der Waals surface area contributed by atoms with Crippen molar-refractivity contribution in [3.05, 3.63) is 5.82 Å². The third-order valence-corrected chi connectivity index (χ3v) is 5.02. The lowest BCUT2D eigenvalue weighted by Gasteiger charge is -2.35. The average molecular weight is 322 g/mol. The Hall–Kier alpha value is -1.67. The molecular formula is C15H26N6O2. The first-order valence-electron chi connectivity index (χ1n) is 8.39. The summed E-state index contributed by atoms with van der Waals surface area (Å²) in [5.74, 6) is 1.63. The van der Waals surface area contributed by atoms with Crippen molar-refractivity contribution in [2.75, 3.05) is 31.9 Å². The van der Waals surface area contributed by atoms with Gasteiger partial charge in [0.1, 0.15) is 5.82 Å². The van der Waals surface area contributed by atoms with Crippen molar-refractivity contribution in [2.24, 2.45) is 5.92 Å². The lowest BCUT2D eigenvalue weighted by molar-refractivity contribution is -0.130. The molecule has 8 heteroatoms. The Balaban J connectivity index is 1.50. The number of H-pyrrole nitrogens is 1. The number of nitrogens with two attached hydrogens (primary N) is 1. The number of anilines is 1. The number of carbonyl (C=O) groups is 1. The van der Waals surface area contributed by atoms with Gasteiger partial charge in [-0.15, -0.1) is 5.10 Å². The van der Waals surface area contributed by atoms with Gasteiger partial charge in [-0.3, -0.25) is 14.8 Å². The van der Waals surface area contributed by atoms with Gasteiger partial charge in [-0.25, -0.2) is 0 Å². The Morgan fingerprint density at radius 3 is 2.78 bits per heavy atom. The number of aromatic amines is 1. The van der Waals surface area contributed by atoms with Gasteiger partial charge in [-0.2, -0.15) is 4.98 Å². The van der Waals surface area contributed by atoms with Gasteiger partial charge >= 0.3 is 0 Å². The number of aliphatic hydroxyl groups is 1. The summed E-state index contributed by atoms with van der Waals surface area (Å²) in [4.78, 5) is 20.5. The van der Waals surface area contributed by atoms with Crippen LogP contribution in [0.4, 0.5) is 5.95 Å². The van der Waals surface area contributed by atoms with E-state index in [0.29, 0.717) is 31.8 Å². The summed E-state index contributed by atoms with van der Waals surface area (Å²) in [6.07, 6.45) is 2.73. The highest BCUT2D eigenvalue weighted by Crippen LogP contribution is 2.23. The number of hydrogen-bond donors (Lipinski definition) is 3. The van der Waals surface area contributed by atoms with Crippen molar-refractivity contribution >= 4 is 11.9 Å². The molecule has 0 aliphatic carbocycles. The summed E-state index contributed by atoms with van der Waals surface area (Å²) in [5, 5.41) is 16.8. The van der Waals surface area contributed by atoms with Crippen LogP contribution in [-0.2, 0) is 11.2 Å². The first-order chi connectivity index (χ1) is 11.0. The normalized spacial score (nSPS) is 26.8. The molecule has 2 fully saturated rings. The molecule has 8 nitrogen and oxygen atoms in total. The first kappa shape index (κ1) is 16.2. The van der Waals surface area contributed by atoms with Crippen LogP contribution in [-0.4, -0.2) is 74.3 Å². The van der Waals surface area contributed by atoms with Gasteiger partial charge in [0.25, 0.3) is 0 Å². The number of rotatable bonds is 4. The minimum absolute atomic E-state index is 0.0481. The number of nitrogens with one attached hydrogen (secondary N) is 1. The van der Waals surface area contributed by atoms with Crippen molar-refractivity contribution in [2.45, 2.75) is 44.8 Å². The second-order valence-corrected chi connectivity index (χ2v) is 6.79. The third kappa shape index (κ3) is 3.81. The molecule has 23 heavy (non-hydrogen) atoms. The molecule has 2 atom stereocenters. The second-order valence-electron chi connectivity index (χ2n) is 6.79. The van der Waals surface area contributed by atoms with Crippen molar-refractivity contribution in [3.63, 3.8) is 0 Å². The molecule has 2 aliphatic rings. The van der Waals surface area contributed by atoms with E-state index in [2.05, 4.69) is 27.0 Å². The van der Waals surface area contributed by atoms with E-state index in [9.17, 15) is 9.90 Å². The number of nitrogens with zero attached hydrogens (tertiary/aromatic N) is 4. The predicted molar refractivity (Wildman–Crippen MR) is 85.5 cm³/mol. The van der Waals surface area contributed by atoms with Crippen LogP contribution in [0.25, 0.3) is 0 Å². The van der Waals surface area contributed by atoms with Gasteiger partial charge in [0.05, 0.1) is 12.1 Å². The molecule has 0 spiro atoms. The topological polar surface area (TPSA) is 111 Å². The Morgan fingerprint density at radius 1 is 1.39 bits per heavy atom. The molecular weight excluding hydrogens is 296 g/mol. The Kier molecular flexibility index (Phi) is 4.82. The van der Waals surface area contributed by atoms with Crippen LogP contribution in [0.5, 0.6) is 0 Å². The standard InChI is InChI=1S/C15H26N6O2/c1-10-4-6-20(7-5-10)11-8-21(9-12(11)22)14(23)3-2-13-17-15(16)19-18-13/h10-12,22H,2-9H2,1H3,(H3,16,17,18,19)/t11-,12-/m0/s1. The fourth-order valence-corrected chi connectivity index (χ4v) is 3.50. The summed E-state index contributed by atoms with van der Waals surface area (Å²) < 4.78 is 0. The number of β-amino-alcohol motifs (C(OH)–C–C–N with tert-alkyl or cyclic N) is 1. The lowest BCUT2D eigenvalue weighted by Crippen LogP contribution is -2.47. The van der Waals surface area contributed by atoms with Crippen LogP contribution in [0, 0.1) is 5.92 Å². The summed E-state index contributed by atoms with van der Waals surface area (Å²) in [6, 6.07) is 0.0763. The molecule has 0 radical (unpaired) electrons. The first-order valence-corrected chi connectivity index (χ1v) is 8.39. The zero-order chi connectivity index (χ0) is 16.4. The Bertz CT molecular complexity index is 540. The molecule has 1 amide bonds. The van der Waals surface area contributed by atoms with Crippen LogP contribution in [0.2, 0.25) is 0 Å². The summed E-state index contributed by atoms with van der Waals surface area (Å²) in [5.41, 5.74) is 5.45. The van der Waals surface area contributed by atoms with Gasteiger partial charge in [0.15, 0.2) is 0 Å². The monoisotopic (exact) mass is 322 g/mol. The number of likely N-dealkylation sites (tertiary alicyclic amines) is 2. The number of piperidine rings is 1. The molecule has 128 valence electrons. The summed E-state index contributed by atoms with van der Waals surface area (Å²) in [6.45, 7) is 5.35. The summed E-state index contributed by atoms with van der Waals surface area (Å²) >= 11 is 0. The van der Waals surface area contributed by atoms with Gasteiger partial charge in [-0.1, -0.05) is 6.92 Å². The van der Waals surface area contributed by atoms with Gasteiger partial charge in [-0.05, 0) is 31.8 Å². The van der Waals surface area contributed by atoms with Crippen LogP contribution >= 0.6 is 0 Å². The SMILES string of the molecule is CC1CCN([C@H]2CN(C(=O)CCc3nc(N)n[nH]3)C[C@@H]2O)CC1. The maximum absolute atomic E-state index is 12.4. The maximum Gasteiger partial charge on any atom is 0.239 e. The number of hydrogen-bond acceptors (Lipinski definition) is 6. The van der Waals surface area contributed by atoms with Crippen molar-refractivity contribution in [1.29, 1.82) is 0 Å². The fraction of sp³-hybridized carbons (Fsp3) is 0.800. The van der Waals surface area contributed by atoms with E-state index >= 15 is 0 Å². The van der Waals surface area contributed by atoms with E-state index in [1.165, 1.54) is 12.8 Å². The molecule has 3 rings (SSSR count). The highest BCUT2D eigenvalue weighted by molar-refractivity contribution is 5.76.